The highest BCUT2D eigenvalue weighted by Crippen LogP contribution is 2.22. The van der Waals surface area contributed by atoms with Gasteiger partial charge in [0.05, 0.1) is 13.2 Å². The summed E-state index contributed by atoms with van der Waals surface area (Å²) in [4.78, 5) is 14.7. The third kappa shape index (κ3) is 5.60. The fraction of sp³-hybridized carbons (Fsp3) is 0.348. The van der Waals surface area contributed by atoms with Gasteiger partial charge in [-0.3, -0.25) is 0 Å². The summed E-state index contributed by atoms with van der Waals surface area (Å²) in [6, 6.07) is 15.6. The Morgan fingerprint density at radius 1 is 1.29 bits per heavy atom. The van der Waals surface area contributed by atoms with Crippen LogP contribution in [0.25, 0.3) is 6.08 Å². The van der Waals surface area contributed by atoms with Gasteiger partial charge in [-0.1, -0.05) is 42.5 Å². The Morgan fingerprint density at radius 3 is 2.79 bits per heavy atom. The Kier molecular flexibility index (Phi) is 7.09. The minimum atomic E-state index is -0.124. The highest BCUT2D eigenvalue weighted by Gasteiger charge is 2.22. The lowest BCUT2D eigenvalue weighted by atomic mass is 10.2. The van der Waals surface area contributed by atoms with Crippen LogP contribution in [0.3, 0.4) is 0 Å². The fourth-order valence-corrected chi connectivity index (χ4v) is 3.25. The molecule has 1 aliphatic rings. The van der Waals surface area contributed by atoms with E-state index in [-0.39, 0.29) is 12.1 Å². The monoisotopic (exact) mass is 380 g/mol. The standard InChI is InChI=1S/C23H28N2O3/c1-18-16-20(27-2)12-13-22(18)24-23(26)25(17-21-11-7-15-28-21)14-6-10-19-8-4-3-5-9-19/h3-6,8-10,12-13,16,21H,7,11,14-15,17H2,1-2H3,(H,24,26)/b10-6+/t21-/m1/s1. The molecule has 1 heterocycles. The van der Waals surface area contributed by atoms with E-state index in [1.165, 1.54) is 0 Å². The van der Waals surface area contributed by atoms with Crippen LogP contribution in [0.5, 0.6) is 5.75 Å². The summed E-state index contributed by atoms with van der Waals surface area (Å²) in [5, 5.41) is 3.03. The van der Waals surface area contributed by atoms with Crippen LogP contribution in [0.4, 0.5) is 10.5 Å². The number of carbonyl (C=O) groups excluding carboxylic acids is 1. The predicted molar refractivity (Wildman–Crippen MR) is 113 cm³/mol. The molecule has 1 saturated heterocycles. The molecule has 0 radical (unpaired) electrons. The first-order valence-corrected chi connectivity index (χ1v) is 9.69. The Hall–Kier alpha value is -2.79. The molecule has 1 atom stereocenters. The quantitative estimate of drug-likeness (QED) is 0.755. The third-order valence-electron chi connectivity index (χ3n) is 4.85. The molecule has 0 spiro atoms. The molecule has 5 heteroatoms. The van der Waals surface area contributed by atoms with Gasteiger partial charge in [0.15, 0.2) is 0 Å². The van der Waals surface area contributed by atoms with E-state index in [0.29, 0.717) is 13.1 Å². The van der Waals surface area contributed by atoms with Gasteiger partial charge in [0.1, 0.15) is 5.75 Å². The number of anilines is 1. The number of urea groups is 1. The number of ether oxygens (including phenoxy) is 2. The summed E-state index contributed by atoms with van der Waals surface area (Å²) >= 11 is 0. The molecule has 5 nitrogen and oxygen atoms in total. The zero-order valence-corrected chi connectivity index (χ0v) is 16.6. The van der Waals surface area contributed by atoms with Gasteiger partial charge in [-0.15, -0.1) is 0 Å². The van der Waals surface area contributed by atoms with Gasteiger partial charge in [-0.05, 0) is 49.1 Å². The Morgan fingerprint density at radius 2 is 2.11 bits per heavy atom. The van der Waals surface area contributed by atoms with Crippen LogP contribution in [0.2, 0.25) is 0 Å². The van der Waals surface area contributed by atoms with Crippen LogP contribution in [0.15, 0.2) is 54.6 Å². The molecule has 0 saturated carbocycles. The molecule has 3 rings (SSSR count). The van der Waals surface area contributed by atoms with Crippen LogP contribution in [-0.2, 0) is 4.74 Å². The Balaban J connectivity index is 1.68. The van der Waals surface area contributed by atoms with Crippen molar-refractivity contribution >= 4 is 17.8 Å². The van der Waals surface area contributed by atoms with Crippen LogP contribution < -0.4 is 10.1 Å². The fourth-order valence-electron chi connectivity index (χ4n) is 3.25. The molecule has 1 N–H and O–H groups in total. The summed E-state index contributed by atoms with van der Waals surface area (Å²) in [6.45, 7) is 3.84. The average molecular weight is 380 g/mol. The summed E-state index contributed by atoms with van der Waals surface area (Å²) in [7, 11) is 1.63. The summed E-state index contributed by atoms with van der Waals surface area (Å²) < 4.78 is 11.0. The van der Waals surface area contributed by atoms with E-state index in [4.69, 9.17) is 9.47 Å². The molecule has 2 aromatic rings. The maximum Gasteiger partial charge on any atom is 0.322 e. The van der Waals surface area contributed by atoms with E-state index in [9.17, 15) is 4.79 Å². The lowest BCUT2D eigenvalue weighted by Crippen LogP contribution is -2.40. The van der Waals surface area contributed by atoms with Gasteiger partial charge < -0.3 is 19.7 Å². The zero-order valence-electron chi connectivity index (χ0n) is 16.6. The van der Waals surface area contributed by atoms with Crippen molar-refractivity contribution in [3.63, 3.8) is 0 Å². The van der Waals surface area contributed by atoms with Crippen LogP contribution in [-0.4, -0.2) is 43.8 Å². The summed E-state index contributed by atoms with van der Waals surface area (Å²) in [6.07, 6.45) is 6.21. The topological polar surface area (TPSA) is 50.8 Å². The number of rotatable bonds is 7. The van der Waals surface area contributed by atoms with E-state index in [0.717, 1.165) is 42.0 Å². The second-order valence-electron chi connectivity index (χ2n) is 6.96. The minimum absolute atomic E-state index is 0.104. The SMILES string of the molecule is COc1ccc(NC(=O)N(C/C=C/c2ccccc2)C[C@H]2CCCO2)c(C)c1. The first kappa shape index (κ1) is 20.0. The lowest BCUT2D eigenvalue weighted by Gasteiger charge is -2.25. The third-order valence-corrected chi connectivity index (χ3v) is 4.85. The van der Waals surface area contributed by atoms with Crippen molar-refractivity contribution in [1.82, 2.24) is 4.90 Å². The second-order valence-corrected chi connectivity index (χ2v) is 6.96. The first-order valence-electron chi connectivity index (χ1n) is 9.69. The largest absolute Gasteiger partial charge is 0.497 e. The number of amides is 2. The van der Waals surface area contributed by atoms with Crippen molar-refractivity contribution in [2.45, 2.75) is 25.9 Å². The summed E-state index contributed by atoms with van der Waals surface area (Å²) in [5.41, 5.74) is 2.87. The van der Waals surface area contributed by atoms with Gasteiger partial charge in [-0.25, -0.2) is 4.79 Å². The Bertz CT molecular complexity index is 799. The van der Waals surface area contributed by atoms with E-state index >= 15 is 0 Å². The maximum atomic E-state index is 12.9. The summed E-state index contributed by atoms with van der Waals surface area (Å²) in [5.74, 6) is 0.775. The molecule has 28 heavy (non-hydrogen) atoms. The first-order chi connectivity index (χ1) is 13.7. The van der Waals surface area contributed by atoms with Crippen LogP contribution >= 0.6 is 0 Å². The molecule has 1 fully saturated rings. The number of nitrogens with one attached hydrogen (secondary N) is 1. The lowest BCUT2D eigenvalue weighted by molar-refractivity contribution is 0.0863. The van der Waals surface area contributed by atoms with Crippen molar-refractivity contribution in [1.29, 1.82) is 0 Å². The van der Waals surface area contributed by atoms with Gasteiger partial charge in [0, 0.05) is 25.4 Å². The smallest absolute Gasteiger partial charge is 0.322 e. The second kappa shape index (κ2) is 9.95. The molecule has 0 bridgehead atoms. The molecule has 1 aliphatic heterocycles. The highest BCUT2D eigenvalue weighted by molar-refractivity contribution is 5.90. The number of aryl methyl sites for hydroxylation is 1. The van der Waals surface area contributed by atoms with Gasteiger partial charge >= 0.3 is 6.03 Å². The molecule has 148 valence electrons. The van der Waals surface area contributed by atoms with E-state index < -0.39 is 0 Å². The van der Waals surface area contributed by atoms with Crippen LogP contribution in [0.1, 0.15) is 24.0 Å². The van der Waals surface area contributed by atoms with Crippen LogP contribution in [0, 0.1) is 6.92 Å². The molecular weight excluding hydrogens is 352 g/mol. The highest BCUT2D eigenvalue weighted by atomic mass is 16.5. The molecule has 2 aromatic carbocycles. The number of carbonyl (C=O) groups is 1. The molecule has 0 aliphatic carbocycles. The van der Waals surface area contributed by atoms with E-state index in [2.05, 4.69) is 5.32 Å². The molecule has 2 amide bonds. The number of methoxy groups -OCH3 is 1. The molecule has 0 unspecified atom stereocenters. The van der Waals surface area contributed by atoms with Crippen molar-refractivity contribution in [2.75, 3.05) is 32.1 Å². The maximum absolute atomic E-state index is 12.9. The van der Waals surface area contributed by atoms with Crippen molar-refractivity contribution in [3.05, 3.63) is 65.7 Å². The molecular formula is C23H28N2O3. The zero-order chi connectivity index (χ0) is 19.8. The minimum Gasteiger partial charge on any atom is -0.497 e. The van der Waals surface area contributed by atoms with Crippen molar-refractivity contribution < 1.29 is 14.3 Å². The van der Waals surface area contributed by atoms with E-state index in [1.807, 2.05) is 67.6 Å². The normalized spacial score (nSPS) is 16.3. The van der Waals surface area contributed by atoms with Gasteiger partial charge in [-0.2, -0.15) is 0 Å². The van der Waals surface area contributed by atoms with Gasteiger partial charge in [0.2, 0.25) is 0 Å². The van der Waals surface area contributed by atoms with Crippen molar-refractivity contribution in [3.8, 4) is 5.75 Å². The number of hydrogen-bond donors (Lipinski definition) is 1. The average Bonchev–Trinajstić information content (AvgIpc) is 3.22. The van der Waals surface area contributed by atoms with E-state index in [1.54, 1.807) is 12.0 Å². The molecule has 0 aromatic heterocycles. The number of benzene rings is 2. The van der Waals surface area contributed by atoms with Gasteiger partial charge in [0.25, 0.3) is 0 Å². The number of nitrogens with zero attached hydrogens (tertiary/aromatic N) is 1. The predicted octanol–water partition coefficient (Wildman–Crippen LogP) is 4.73. The Labute approximate surface area is 167 Å². The van der Waals surface area contributed by atoms with Crippen molar-refractivity contribution in [2.24, 2.45) is 0 Å². The number of hydrogen-bond acceptors (Lipinski definition) is 3.